The van der Waals surface area contributed by atoms with Crippen molar-refractivity contribution in [3.8, 4) is 45.3 Å². The first-order valence-electron chi connectivity index (χ1n) is 31.7. The summed E-state index contributed by atoms with van der Waals surface area (Å²) in [5.41, 5.74) is 8.80. The quantitative estimate of drug-likeness (QED) is 0.0276. The molecule has 7 rings (SSSR count). The molecule has 9 nitrogen and oxygen atoms in total. The molecule has 0 N–H and O–H groups in total. The molecule has 0 unspecified atom stereocenters. The van der Waals surface area contributed by atoms with Crippen molar-refractivity contribution in [1.82, 2.24) is 4.57 Å². The molecule has 0 spiro atoms. The molecule has 0 fully saturated rings. The largest absolute Gasteiger partial charge is 0.494 e. The van der Waals surface area contributed by atoms with Crippen molar-refractivity contribution in [3.05, 3.63) is 145 Å². The number of unbranched alkanes of at least 4 members (excludes halogenated alkanes) is 18. The second-order valence-corrected chi connectivity index (χ2v) is 22.2. The van der Waals surface area contributed by atoms with Crippen molar-refractivity contribution in [2.24, 2.45) is 0 Å². The number of carbonyl (C=O) groups is 2. The molecule has 7 aromatic rings. The SMILES string of the molecule is CCCCCCCCOc1ccc(-c2ccc(OCCCCCC(=O)OCc3ccc4c(c3)c3cc(COC(=O)CCCCCOc5ccc(-c6ccc(OCCCCCCCC)cc6)cc5)ccc3n4CCCCCCC)cc2)cc1. The van der Waals surface area contributed by atoms with E-state index in [9.17, 15) is 9.59 Å². The molecule has 0 saturated heterocycles. The predicted octanol–water partition coefficient (Wildman–Crippen LogP) is 19.9. The van der Waals surface area contributed by atoms with Crippen molar-refractivity contribution in [2.75, 3.05) is 26.4 Å². The first kappa shape index (κ1) is 62.9. The van der Waals surface area contributed by atoms with Crippen LogP contribution in [-0.4, -0.2) is 42.9 Å². The van der Waals surface area contributed by atoms with Crippen molar-refractivity contribution in [3.63, 3.8) is 0 Å². The number of nitrogens with zero attached hydrogens (tertiary/aromatic N) is 1. The highest BCUT2D eigenvalue weighted by atomic mass is 16.5. The predicted molar refractivity (Wildman–Crippen MR) is 337 cm³/mol. The van der Waals surface area contributed by atoms with Crippen LogP contribution in [0, 0.1) is 0 Å². The van der Waals surface area contributed by atoms with Crippen LogP contribution in [0.2, 0.25) is 0 Å². The van der Waals surface area contributed by atoms with E-state index in [-0.39, 0.29) is 25.2 Å². The van der Waals surface area contributed by atoms with Gasteiger partial charge in [-0.05, 0) is 164 Å². The van der Waals surface area contributed by atoms with Crippen molar-refractivity contribution < 1.29 is 38.0 Å². The number of esters is 2. The second-order valence-electron chi connectivity index (χ2n) is 22.2. The maximum atomic E-state index is 12.9. The van der Waals surface area contributed by atoms with Crippen LogP contribution in [0.3, 0.4) is 0 Å². The lowest BCUT2D eigenvalue weighted by Crippen LogP contribution is -2.05. The van der Waals surface area contributed by atoms with E-state index in [4.69, 9.17) is 28.4 Å². The Bertz CT molecular complexity index is 2700. The minimum atomic E-state index is -0.190. The van der Waals surface area contributed by atoms with E-state index in [0.29, 0.717) is 26.1 Å². The number of aromatic nitrogens is 1. The summed E-state index contributed by atoms with van der Waals surface area (Å²) in [6.07, 6.45) is 26.8. The number of rotatable bonds is 42. The molecule has 0 aliphatic carbocycles. The second kappa shape index (κ2) is 36.7. The van der Waals surface area contributed by atoms with Crippen LogP contribution >= 0.6 is 0 Å². The van der Waals surface area contributed by atoms with E-state index in [0.717, 1.165) is 156 Å². The summed E-state index contributed by atoms with van der Waals surface area (Å²) in [6, 6.07) is 45.9. The maximum absolute atomic E-state index is 12.9. The molecule has 0 bridgehead atoms. The fourth-order valence-corrected chi connectivity index (χ4v) is 10.6. The van der Waals surface area contributed by atoms with Gasteiger partial charge in [-0.1, -0.05) is 171 Å². The first-order valence-corrected chi connectivity index (χ1v) is 31.7. The van der Waals surface area contributed by atoms with Gasteiger partial charge in [0.2, 0.25) is 0 Å². The highest BCUT2D eigenvalue weighted by Gasteiger charge is 2.15. The monoisotopic (exact) mass is 1110 g/mol. The van der Waals surface area contributed by atoms with Gasteiger partial charge in [-0.25, -0.2) is 0 Å². The Labute approximate surface area is 491 Å². The van der Waals surface area contributed by atoms with E-state index < -0.39 is 0 Å². The molecule has 0 atom stereocenters. The third-order valence-electron chi connectivity index (χ3n) is 15.5. The van der Waals surface area contributed by atoms with Crippen molar-refractivity contribution in [1.29, 1.82) is 0 Å². The number of aryl methyl sites for hydroxylation is 1. The topological polar surface area (TPSA) is 94.5 Å². The molecule has 0 radical (unpaired) electrons. The van der Waals surface area contributed by atoms with E-state index >= 15 is 0 Å². The molecule has 0 aliphatic rings. The van der Waals surface area contributed by atoms with Crippen LogP contribution < -0.4 is 18.9 Å². The minimum absolute atomic E-state index is 0.190. The summed E-state index contributed by atoms with van der Waals surface area (Å²) in [7, 11) is 0. The third-order valence-corrected chi connectivity index (χ3v) is 15.5. The normalized spacial score (nSPS) is 11.3. The van der Waals surface area contributed by atoms with Gasteiger partial charge >= 0.3 is 11.9 Å². The number of ether oxygens (including phenoxy) is 6. The molecule has 0 saturated carbocycles. The zero-order valence-corrected chi connectivity index (χ0v) is 50.0. The van der Waals surface area contributed by atoms with Gasteiger partial charge in [-0.2, -0.15) is 0 Å². The minimum Gasteiger partial charge on any atom is -0.494 e. The molecule has 440 valence electrons. The summed E-state index contributed by atoms with van der Waals surface area (Å²) in [5.74, 6) is 3.14. The average molecular weight is 1110 g/mol. The molecule has 82 heavy (non-hydrogen) atoms. The molecule has 1 heterocycles. The Balaban J connectivity index is 0.790. The zero-order valence-electron chi connectivity index (χ0n) is 50.0. The van der Waals surface area contributed by atoms with E-state index in [1.54, 1.807) is 0 Å². The molecule has 6 aromatic carbocycles. The fraction of sp³-hybridized carbons (Fsp3) is 0.479. The summed E-state index contributed by atoms with van der Waals surface area (Å²) >= 11 is 0. The summed E-state index contributed by atoms with van der Waals surface area (Å²) in [6.45, 7) is 10.8. The van der Waals surface area contributed by atoms with Crippen molar-refractivity contribution in [2.45, 2.75) is 201 Å². The van der Waals surface area contributed by atoms with Crippen molar-refractivity contribution >= 4 is 33.7 Å². The van der Waals surface area contributed by atoms with Crippen LogP contribution in [0.4, 0.5) is 0 Å². The molecular formula is C73H95NO8. The van der Waals surface area contributed by atoms with Gasteiger partial charge in [0.05, 0.1) is 26.4 Å². The molecule has 0 amide bonds. The highest BCUT2D eigenvalue weighted by molar-refractivity contribution is 6.08. The van der Waals surface area contributed by atoms with E-state index in [2.05, 4.69) is 135 Å². The summed E-state index contributed by atoms with van der Waals surface area (Å²) in [5, 5.41) is 2.23. The number of fused-ring (bicyclic) bond motifs is 3. The van der Waals surface area contributed by atoms with E-state index in [1.807, 2.05) is 24.3 Å². The number of hydrogen-bond donors (Lipinski definition) is 0. The molecular weight excluding hydrogens is 1020 g/mol. The smallest absolute Gasteiger partial charge is 0.306 e. The van der Waals surface area contributed by atoms with Crippen LogP contribution in [0.5, 0.6) is 23.0 Å². The lowest BCUT2D eigenvalue weighted by Gasteiger charge is -2.10. The number of benzene rings is 6. The summed E-state index contributed by atoms with van der Waals surface area (Å²) < 4.78 is 38.1. The fourth-order valence-electron chi connectivity index (χ4n) is 10.6. The average Bonchev–Trinajstić information content (AvgIpc) is 3.42. The van der Waals surface area contributed by atoms with Gasteiger partial charge in [0.15, 0.2) is 0 Å². The Morgan fingerprint density at radius 1 is 0.329 bits per heavy atom. The van der Waals surface area contributed by atoms with Gasteiger partial charge < -0.3 is 33.0 Å². The first-order chi connectivity index (χ1) is 40.4. The molecule has 9 heteroatoms. The lowest BCUT2D eigenvalue weighted by atomic mass is 10.1. The molecule has 0 aliphatic heterocycles. The highest BCUT2D eigenvalue weighted by Crippen LogP contribution is 2.33. The Kier molecular flexibility index (Phi) is 28.1. The Morgan fingerprint density at radius 3 is 0.951 bits per heavy atom. The molecule has 1 aromatic heterocycles. The number of carbonyl (C=O) groups excluding carboxylic acids is 2. The van der Waals surface area contributed by atoms with Crippen LogP contribution in [0.15, 0.2) is 133 Å². The maximum Gasteiger partial charge on any atom is 0.306 e. The van der Waals surface area contributed by atoms with Gasteiger partial charge in [-0.15, -0.1) is 0 Å². The van der Waals surface area contributed by atoms with Gasteiger partial charge in [0.25, 0.3) is 0 Å². The lowest BCUT2D eigenvalue weighted by molar-refractivity contribution is -0.146. The Hall–Kier alpha value is -6.74. The number of hydrogen-bond acceptors (Lipinski definition) is 8. The standard InChI is InChI=1S/C73H95NO8/c1-4-7-10-13-16-23-50-77-64-39-31-60(32-40-64)62-35-43-66(44-36-62)79-52-25-18-20-27-72(75)81-56-58-29-47-70-68(54-58)69-55-59(30-48-71(69)74(70)49-22-15-12-9-6-3)57-82-73(76)28-21-19-26-53-80-67-45-37-63(38-46-67)61-33-41-65(42-34-61)78-51-24-17-14-11-8-5-2/h29-48,54-55H,4-28,49-53,56-57H2,1-3H3. The third kappa shape index (κ3) is 21.9. The Morgan fingerprint density at radius 2 is 0.622 bits per heavy atom. The van der Waals surface area contributed by atoms with E-state index in [1.165, 1.54) is 89.9 Å². The van der Waals surface area contributed by atoms with Crippen LogP contribution in [-0.2, 0) is 38.8 Å². The van der Waals surface area contributed by atoms with Gasteiger partial charge in [0, 0.05) is 41.2 Å². The van der Waals surface area contributed by atoms with Crippen LogP contribution in [0.25, 0.3) is 44.1 Å². The van der Waals surface area contributed by atoms with Gasteiger partial charge in [-0.3, -0.25) is 9.59 Å². The summed E-state index contributed by atoms with van der Waals surface area (Å²) in [4.78, 5) is 25.9. The van der Waals surface area contributed by atoms with Crippen LogP contribution in [0.1, 0.15) is 192 Å². The zero-order chi connectivity index (χ0) is 57.2. The van der Waals surface area contributed by atoms with Gasteiger partial charge in [0.1, 0.15) is 36.2 Å².